The van der Waals surface area contributed by atoms with Crippen LogP contribution in [-0.4, -0.2) is 59.6 Å². The van der Waals surface area contributed by atoms with E-state index in [0.29, 0.717) is 23.1 Å². The zero-order valence-electron chi connectivity index (χ0n) is 14.8. The summed E-state index contributed by atoms with van der Waals surface area (Å²) in [7, 11) is 0. The first-order valence-corrected chi connectivity index (χ1v) is 9.10. The molecule has 2 fully saturated rings. The van der Waals surface area contributed by atoms with E-state index in [4.69, 9.17) is 0 Å². The maximum Gasteiger partial charge on any atom is 0.256 e. The quantitative estimate of drug-likeness (QED) is 0.505. The van der Waals surface area contributed by atoms with E-state index < -0.39 is 17.7 Å². The van der Waals surface area contributed by atoms with Gasteiger partial charge in [0.25, 0.3) is 5.91 Å². The Kier molecular flexibility index (Phi) is 3.73. The van der Waals surface area contributed by atoms with Crippen molar-refractivity contribution in [3.8, 4) is 0 Å². The number of anilines is 1. The molecule has 2 heterocycles. The summed E-state index contributed by atoms with van der Waals surface area (Å²) in [5.41, 5.74) is 0.623. The maximum absolute atomic E-state index is 12.5. The number of amides is 1. The number of aliphatic hydroxyl groups excluding tert-OH is 3. The number of hydrogen-bond acceptors (Lipinski definition) is 7. The van der Waals surface area contributed by atoms with Gasteiger partial charge >= 0.3 is 0 Å². The van der Waals surface area contributed by atoms with Gasteiger partial charge in [0.1, 0.15) is 12.4 Å². The minimum Gasteiger partial charge on any atom is -0.396 e. The number of carbonyl (C=O) groups excluding carboxylic acids is 1. The van der Waals surface area contributed by atoms with Crippen LogP contribution < -0.4 is 5.32 Å². The number of nitrogens with one attached hydrogen (secondary N) is 1. The molecule has 0 bridgehead atoms. The first-order chi connectivity index (χ1) is 13.6. The second-order valence-corrected chi connectivity index (χ2v) is 7.41. The smallest absolute Gasteiger partial charge is 0.256 e. The molecule has 28 heavy (non-hydrogen) atoms. The molecule has 0 radical (unpaired) electrons. The summed E-state index contributed by atoms with van der Waals surface area (Å²) in [4.78, 5) is 25.3. The molecule has 3 aromatic rings. The summed E-state index contributed by atoms with van der Waals surface area (Å²) in [6.45, 7) is -0.190. The Bertz CT molecular complexity index is 1050. The normalized spacial score (nSPS) is 31.0. The highest BCUT2D eigenvalue weighted by Gasteiger charge is 2.72. The van der Waals surface area contributed by atoms with E-state index in [1.807, 2.05) is 6.07 Å². The average molecular weight is 381 g/mol. The molecule has 4 N–H and O–H groups in total. The Balaban J connectivity index is 1.52. The molecule has 1 aromatic carbocycles. The third-order valence-electron chi connectivity index (χ3n) is 6.08. The number of fused-ring (bicyclic) bond motifs is 2. The van der Waals surface area contributed by atoms with Gasteiger partial charge in [-0.05, 0) is 24.5 Å². The van der Waals surface area contributed by atoms with Crippen molar-refractivity contribution in [1.29, 1.82) is 0 Å². The van der Waals surface area contributed by atoms with Crippen LogP contribution in [0.15, 0.2) is 43.0 Å². The van der Waals surface area contributed by atoms with Crippen molar-refractivity contribution >= 4 is 22.9 Å². The lowest BCUT2D eigenvalue weighted by Crippen LogP contribution is -2.38. The van der Waals surface area contributed by atoms with Gasteiger partial charge in [-0.15, -0.1) is 0 Å². The third kappa shape index (κ3) is 2.24. The second kappa shape index (κ2) is 6.06. The van der Waals surface area contributed by atoms with Gasteiger partial charge in [-0.3, -0.25) is 4.79 Å². The van der Waals surface area contributed by atoms with Crippen LogP contribution in [0.1, 0.15) is 16.8 Å². The SMILES string of the molecule is O=C(Nc1ncnc2c1ncn2[C@@]12C[C@H]1[C@H](CO)[C@@H](O)[C@H]2O)c1ccccc1. The number of rotatable bonds is 4. The fourth-order valence-electron chi connectivity index (χ4n) is 4.58. The van der Waals surface area contributed by atoms with Crippen LogP contribution in [0.2, 0.25) is 0 Å². The third-order valence-corrected chi connectivity index (χ3v) is 6.08. The summed E-state index contributed by atoms with van der Waals surface area (Å²) in [6.07, 6.45) is 1.48. The van der Waals surface area contributed by atoms with Crippen LogP contribution in [0.3, 0.4) is 0 Å². The van der Waals surface area contributed by atoms with E-state index in [2.05, 4.69) is 20.3 Å². The average Bonchev–Trinajstić information content (AvgIpc) is 3.22. The van der Waals surface area contributed by atoms with Gasteiger partial charge in [-0.1, -0.05) is 18.2 Å². The topological polar surface area (TPSA) is 133 Å². The molecule has 2 saturated carbocycles. The van der Waals surface area contributed by atoms with Gasteiger partial charge in [0.2, 0.25) is 0 Å². The summed E-state index contributed by atoms with van der Waals surface area (Å²) in [6, 6.07) is 8.77. The van der Waals surface area contributed by atoms with Gasteiger partial charge in [-0.2, -0.15) is 0 Å². The van der Waals surface area contributed by atoms with Crippen LogP contribution in [0.25, 0.3) is 11.2 Å². The fourth-order valence-corrected chi connectivity index (χ4v) is 4.58. The van der Waals surface area contributed by atoms with Crippen LogP contribution in [-0.2, 0) is 5.54 Å². The molecule has 9 nitrogen and oxygen atoms in total. The van der Waals surface area contributed by atoms with E-state index in [0.717, 1.165) is 0 Å². The van der Waals surface area contributed by atoms with Gasteiger partial charge in [0.15, 0.2) is 17.0 Å². The predicted molar refractivity (Wildman–Crippen MR) is 98.4 cm³/mol. The highest BCUT2D eigenvalue weighted by atomic mass is 16.3. The van der Waals surface area contributed by atoms with Gasteiger partial charge in [0, 0.05) is 18.1 Å². The Morgan fingerprint density at radius 1 is 1.21 bits per heavy atom. The van der Waals surface area contributed by atoms with Gasteiger partial charge in [0.05, 0.1) is 18.0 Å². The van der Waals surface area contributed by atoms with Crippen LogP contribution >= 0.6 is 0 Å². The van der Waals surface area contributed by atoms with Crippen molar-refractivity contribution in [2.75, 3.05) is 11.9 Å². The molecular weight excluding hydrogens is 362 g/mol. The van der Waals surface area contributed by atoms with Gasteiger partial charge < -0.3 is 25.2 Å². The largest absolute Gasteiger partial charge is 0.396 e. The molecule has 0 aliphatic heterocycles. The predicted octanol–water partition coefficient (Wildman–Crippen LogP) is 0.138. The van der Waals surface area contributed by atoms with Crippen molar-refractivity contribution in [3.05, 3.63) is 48.5 Å². The maximum atomic E-state index is 12.5. The number of carbonyl (C=O) groups is 1. The number of benzene rings is 1. The molecule has 2 aliphatic rings. The van der Waals surface area contributed by atoms with Crippen molar-refractivity contribution in [2.45, 2.75) is 24.2 Å². The Hall–Kier alpha value is -2.88. The molecule has 0 saturated heterocycles. The highest BCUT2D eigenvalue weighted by molar-refractivity contribution is 6.06. The second-order valence-electron chi connectivity index (χ2n) is 7.41. The monoisotopic (exact) mass is 381 g/mol. The molecule has 1 amide bonds. The van der Waals surface area contributed by atoms with E-state index >= 15 is 0 Å². The van der Waals surface area contributed by atoms with E-state index in [9.17, 15) is 20.1 Å². The number of imidazole rings is 1. The number of nitrogens with zero attached hydrogens (tertiary/aromatic N) is 4. The Morgan fingerprint density at radius 3 is 2.71 bits per heavy atom. The number of aliphatic hydroxyl groups is 3. The standard InChI is InChI=1S/C19H19N5O4/c25-7-11-12-6-19(12,15(27)14(11)26)24-9-22-13-16(20-8-21-17(13)24)23-18(28)10-4-2-1-3-5-10/h1-5,8-9,11-12,14-15,25-27H,6-7H2,(H,20,21,23,28)/t11-,12-,14+,15+,19-/m0/s1. The summed E-state index contributed by atoms with van der Waals surface area (Å²) in [5, 5.41) is 33.2. The first kappa shape index (κ1) is 17.2. The van der Waals surface area contributed by atoms with Crippen LogP contribution in [0.4, 0.5) is 5.82 Å². The molecule has 5 atom stereocenters. The molecule has 2 aromatic heterocycles. The minimum absolute atomic E-state index is 0.0581. The Morgan fingerprint density at radius 2 is 2.00 bits per heavy atom. The zero-order chi connectivity index (χ0) is 19.5. The van der Waals surface area contributed by atoms with Crippen LogP contribution in [0, 0.1) is 11.8 Å². The van der Waals surface area contributed by atoms with E-state index in [1.165, 1.54) is 6.33 Å². The van der Waals surface area contributed by atoms with Crippen LogP contribution in [0.5, 0.6) is 0 Å². The summed E-state index contributed by atoms with van der Waals surface area (Å²) >= 11 is 0. The van der Waals surface area contributed by atoms with Crippen molar-refractivity contribution in [1.82, 2.24) is 19.5 Å². The van der Waals surface area contributed by atoms with E-state index in [-0.39, 0.29) is 30.2 Å². The minimum atomic E-state index is -1.02. The molecule has 0 spiro atoms. The number of hydrogen-bond donors (Lipinski definition) is 4. The van der Waals surface area contributed by atoms with Crippen molar-refractivity contribution in [3.63, 3.8) is 0 Å². The molecule has 9 heteroatoms. The molecule has 144 valence electrons. The molecule has 5 rings (SSSR count). The summed E-state index contributed by atoms with van der Waals surface area (Å²) in [5.74, 6) is -0.476. The lowest BCUT2D eigenvalue weighted by atomic mass is 10.0. The lowest BCUT2D eigenvalue weighted by molar-refractivity contribution is -0.0272. The van der Waals surface area contributed by atoms with Crippen molar-refractivity contribution < 1.29 is 20.1 Å². The van der Waals surface area contributed by atoms with Crippen molar-refractivity contribution in [2.24, 2.45) is 11.8 Å². The Labute approximate surface area is 159 Å². The molecule has 2 aliphatic carbocycles. The molecule has 0 unspecified atom stereocenters. The molecular formula is C19H19N5O4. The summed E-state index contributed by atoms with van der Waals surface area (Å²) < 4.78 is 1.75. The zero-order valence-corrected chi connectivity index (χ0v) is 14.8. The number of aromatic nitrogens is 4. The van der Waals surface area contributed by atoms with E-state index in [1.54, 1.807) is 35.2 Å². The van der Waals surface area contributed by atoms with Gasteiger partial charge in [-0.25, -0.2) is 15.0 Å². The first-order valence-electron chi connectivity index (χ1n) is 9.10. The highest BCUT2D eigenvalue weighted by Crippen LogP contribution is 2.64. The fraction of sp³-hybridized carbons (Fsp3) is 0.368. The lowest BCUT2D eigenvalue weighted by Gasteiger charge is -2.23.